The number of ether oxygens (including phenoxy) is 1. The molecule has 0 amide bonds. The summed E-state index contributed by atoms with van der Waals surface area (Å²) in [5, 5.41) is 8.92. The van der Waals surface area contributed by atoms with Crippen LogP contribution in [0.2, 0.25) is 0 Å². The molecule has 0 fully saturated rings. The number of carbonyl (C=O) groups is 1. The van der Waals surface area contributed by atoms with E-state index in [0.717, 1.165) is 21.4 Å². The number of carbonyl (C=O) groups excluding carboxylic acids is 1. The Bertz CT molecular complexity index is 1030. The zero-order chi connectivity index (χ0) is 17.4. The van der Waals surface area contributed by atoms with Gasteiger partial charge in [-0.25, -0.2) is 4.79 Å². The Hall–Kier alpha value is -2.93. The van der Waals surface area contributed by atoms with Crippen LogP contribution < -0.4 is 0 Å². The van der Waals surface area contributed by atoms with Crippen LogP contribution in [0.4, 0.5) is 0 Å². The lowest BCUT2D eigenvalue weighted by Gasteiger charge is -1.98. The third-order valence-electron chi connectivity index (χ3n) is 3.69. The van der Waals surface area contributed by atoms with Gasteiger partial charge in [0.25, 0.3) is 11.8 Å². The Balaban J connectivity index is 1.46. The van der Waals surface area contributed by atoms with Crippen molar-refractivity contribution in [3.63, 3.8) is 0 Å². The number of rotatable bonds is 4. The highest BCUT2D eigenvalue weighted by molar-refractivity contribution is 7.20. The maximum absolute atomic E-state index is 12.2. The number of hydrogen-bond donors (Lipinski definition) is 0. The number of aryl methyl sites for hydroxylation is 2. The molecular weight excluding hydrogens is 340 g/mol. The van der Waals surface area contributed by atoms with Gasteiger partial charge in [0.15, 0.2) is 6.61 Å². The summed E-state index contributed by atoms with van der Waals surface area (Å²) in [5.41, 5.74) is 0.743. The van der Waals surface area contributed by atoms with Gasteiger partial charge in [0.1, 0.15) is 16.4 Å². The molecule has 0 aliphatic carbocycles. The van der Waals surface area contributed by atoms with Gasteiger partial charge in [-0.1, -0.05) is 18.2 Å². The van der Waals surface area contributed by atoms with Crippen LogP contribution in [0.1, 0.15) is 27.1 Å². The van der Waals surface area contributed by atoms with Crippen LogP contribution in [0, 0.1) is 13.8 Å². The number of hydrogen-bond acceptors (Lipinski definition) is 7. The molecule has 126 valence electrons. The van der Waals surface area contributed by atoms with Crippen LogP contribution >= 0.6 is 11.3 Å². The predicted molar refractivity (Wildman–Crippen MR) is 92.4 cm³/mol. The van der Waals surface area contributed by atoms with Gasteiger partial charge in [-0.05, 0) is 37.4 Å². The fourth-order valence-corrected chi connectivity index (χ4v) is 3.50. The van der Waals surface area contributed by atoms with Crippen LogP contribution in [0.15, 0.2) is 45.2 Å². The van der Waals surface area contributed by atoms with Gasteiger partial charge < -0.3 is 13.6 Å². The first kappa shape index (κ1) is 15.6. The van der Waals surface area contributed by atoms with E-state index in [9.17, 15) is 4.79 Å². The second kappa shape index (κ2) is 6.18. The topological polar surface area (TPSA) is 78.4 Å². The number of furan rings is 1. The molecule has 1 aromatic carbocycles. The van der Waals surface area contributed by atoms with Gasteiger partial charge in [-0.15, -0.1) is 21.5 Å². The number of esters is 1. The molecule has 25 heavy (non-hydrogen) atoms. The first-order chi connectivity index (χ1) is 12.1. The molecular formula is C18H14N2O4S. The Labute approximate surface area is 147 Å². The molecule has 0 atom stereocenters. The Morgan fingerprint density at radius 1 is 1.16 bits per heavy atom. The molecule has 0 saturated heterocycles. The minimum Gasteiger partial charge on any atom is -0.466 e. The molecule has 0 N–H and O–H groups in total. The van der Waals surface area contributed by atoms with Gasteiger partial charge in [0.2, 0.25) is 0 Å². The van der Waals surface area contributed by atoms with Gasteiger partial charge >= 0.3 is 5.97 Å². The predicted octanol–water partition coefficient (Wildman–Crippen LogP) is 4.52. The van der Waals surface area contributed by atoms with E-state index in [4.69, 9.17) is 13.6 Å². The molecule has 0 bridgehead atoms. The van der Waals surface area contributed by atoms with Crippen LogP contribution in [0.5, 0.6) is 0 Å². The van der Waals surface area contributed by atoms with Gasteiger partial charge in [0.05, 0.1) is 5.56 Å². The number of thiophene rings is 1. The van der Waals surface area contributed by atoms with Crippen molar-refractivity contribution in [1.82, 2.24) is 10.2 Å². The average Bonchev–Trinajstić information content (AvgIpc) is 3.30. The van der Waals surface area contributed by atoms with E-state index in [-0.39, 0.29) is 12.5 Å². The SMILES string of the molecule is Cc1cc(-c2nnc(COC(=O)c3cc4ccccc4s3)o2)c(C)o1. The third kappa shape index (κ3) is 3.06. The molecule has 0 unspecified atom stereocenters. The normalized spacial score (nSPS) is 11.1. The monoisotopic (exact) mass is 354 g/mol. The van der Waals surface area contributed by atoms with E-state index in [1.54, 1.807) is 0 Å². The second-order valence-electron chi connectivity index (χ2n) is 5.55. The lowest BCUT2D eigenvalue weighted by atomic mass is 10.2. The van der Waals surface area contributed by atoms with Crippen molar-refractivity contribution in [3.8, 4) is 11.5 Å². The molecule has 4 aromatic rings. The van der Waals surface area contributed by atoms with E-state index in [1.807, 2.05) is 50.2 Å². The number of fused-ring (bicyclic) bond motifs is 1. The van der Waals surface area contributed by atoms with Gasteiger partial charge in [-0.2, -0.15) is 0 Å². The number of aromatic nitrogens is 2. The van der Waals surface area contributed by atoms with Crippen LogP contribution in [0.25, 0.3) is 21.5 Å². The fourth-order valence-electron chi connectivity index (χ4n) is 2.54. The lowest BCUT2D eigenvalue weighted by molar-refractivity contribution is 0.0444. The minimum absolute atomic E-state index is 0.0735. The third-order valence-corrected chi connectivity index (χ3v) is 4.79. The van der Waals surface area contributed by atoms with Crippen LogP contribution in [0.3, 0.4) is 0 Å². The molecule has 0 aliphatic rings. The highest BCUT2D eigenvalue weighted by atomic mass is 32.1. The van der Waals surface area contributed by atoms with E-state index in [0.29, 0.717) is 16.5 Å². The maximum atomic E-state index is 12.2. The lowest BCUT2D eigenvalue weighted by Crippen LogP contribution is -2.03. The average molecular weight is 354 g/mol. The Kier molecular flexibility index (Phi) is 3.85. The van der Waals surface area contributed by atoms with Crippen molar-refractivity contribution >= 4 is 27.4 Å². The summed E-state index contributed by atoms with van der Waals surface area (Å²) in [6.45, 7) is 3.60. The van der Waals surface area contributed by atoms with Gasteiger partial charge in [-0.3, -0.25) is 0 Å². The molecule has 7 heteroatoms. The van der Waals surface area contributed by atoms with Crippen molar-refractivity contribution < 1.29 is 18.4 Å². The standard InChI is InChI=1S/C18H14N2O4S/c1-10-7-13(11(2)23-10)17-20-19-16(24-17)9-22-18(21)15-8-12-5-3-4-6-14(12)25-15/h3-8H,9H2,1-2H3. The van der Waals surface area contributed by atoms with Crippen molar-refractivity contribution in [2.45, 2.75) is 20.5 Å². The zero-order valence-electron chi connectivity index (χ0n) is 13.6. The molecule has 0 radical (unpaired) electrons. The largest absolute Gasteiger partial charge is 0.466 e. The molecule has 0 aliphatic heterocycles. The molecule has 0 spiro atoms. The van der Waals surface area contributed by atoms with Crippen LogP contribution in [-0.2, 0) is 11.3 Å². The molecule has 3 heterocycles. The summed E-state index contributed by atoms with van der Waals surface area (Å²) in [7, 11) is 0. The summed E-state index contributed by atoms with van der Waals surface area (Å²) in [4.78, 5) is 12.7. The van der Waals surface area contributed by atoms with E-state index >= 15 is 0 Å². The zero-order valence-corrected chi connectivity index (χ0v) is 14.4. The first-order valence-corrected chi connectivity index (χ1v) is 8.47. The van der Waals surface area contributed by atoms with Crippen LogP contribution in [-0.4, -0.2) is 16.2 Å². The fraction of sp³-hybridized carbons (Fsp3) is 0.167. The van der Waals surface area contributed by atoms with E-state index < -0.39 is 5.97 Å². The molecule has 3 aromatic heterocycles. The Morgan fingerprint density at radius 2 is 2.00 bits per heavy atom. The Morgan fingerprint density at radius 3 is 2.76 bits per heavy atom. The quantitative estimate of drug-likeness (QED) is 0.501. The van der Waals surface area contributed by atoms with Gasteiger partial charge in [0, 0.05) is 4.70 Å². The molecule has 6 nitrogen and oxygen atoms in total. The smallest absolute Gasteiger partial charge is 0.348 e. The highest BCUT2D eigenvalue weighted by Crippen LogP contribution is 2.27. The summed E-state index contributed by atoms with van der Waals surface area (Å²) in [5.74, 6) is 1.65. The minimum atomic E-state index is -0.406. The number of benzene rings is 1. The number of nitrogens with zero attached hydrogens (tertiary/aromatic N) is 2. The van der Waals surface area contributed by atoms with E-state index in [2.05, 4.69) is 10.2 Å². The first-order valence-electron chi connectivity index (χ1n) is 7.65. The molecule has 4 rings (SSSR count). The van der Waals surface area contributed by atoms with Crippen molar-refractivity contribution in [2.75, 3.05) is 0 Å². The summed E-state index contributed by atoms with van der Waals surface area (Å²) < 4.78 is 17.3. The summed E-state index contributed by atoms with van der Waals surface area (Å²) in [6, 6.07) is 11.4. The molecule has 0 saturated carbocycles. The van der Waals surface area contributed by atoms with E-state index in [1.165, 1.54) is 11.3 Å². The van der Waals surface area contributed by atoms with Crippen molar-refractivity contribution in [2.24, 2.45) is 0 Å². The summed E-state index contributed by atoms with van der Waals surface area (Å²) in [6.07, 6.45) is 0. The maximum Gasteiger partial charge on any atom is 0.348 e. The highest BCUT2D eigenvalue weighted by Gasteiger charge is 2.17. The van der Waals surface area contributed by atoms with Crippen molar-refractivity contribution in [3.05, 3.63) is 58.7 Å². The van der Waals surface area contributed by atoms with Crippen molar-refractivity contribution in [1.29, 1.82) is 0 Å². The second-order valence-corrected chi connectivity index (χ2v) is 6.64. The summed E-state index contributed by atoms with van der Waals surface area (Å²) >= 11 is 1.39.